The number of carboxylic acids is 1. The molecule has 0 aliphatic carbocycles. The molecule has 3 aromatic carbocycles. The smallest absolute Gasteiger partial charge is 0.326 e. The van der Waals surface area contributed by atoms with Crippen LogP contribution in [0.25, 0.3) is 0 Å². The summed E-state index contributed by atoms with van der Waals surface area (Å²) in [5.74, 6) is -19.0. The van der Waals surface area contributed by atoms with E-state index < -0.39 is 234 Å². The summed E-state index contributed by atoms with van der Waals surface area (Å²) in [7, 11) is 1.15. The lowest BCUT2D eigenvalue weighted by atomic mass is 9.98. The van der Waals surface area contributed by atoms with Crippen molar-refractivity contribution in [2.24, 2.45) is 28.9 Å². The number of likely N-dealkylation sites (N-methyl/N-ethyl adjacent to an activating group) is 1. The number of primary amides is 2. The minimum absolute atomic E-state index is 0.0294. The lowest BCUT2D eigenvalue weighted by molar-refractivity contribution is -0.148. The Morgan fingerprint density at radius 3 is 1.63 bits per heavy atom. The van der Waals surface area contributed by atoms with Crippen LogP contribution in [-0.2, 0) is 117 Å². The van der Waals surface area contributed by atoms with Gasteiger partial charge in [0.15, 0.2) is 5.96 Å². The van der Waals surface area contributed by atoms with E-state index in [1.807, 2.05) is 0 Å². The molecule has 0 saturated carbocycles. The number of carbonyl (C=O) groups is 19. The molecular formula is C85H122N24O22S2. The molecule has 1 aromatic heterocycles. The number of rotatable bonds is 53. The van der Waals surface area contributed by atoms with Crippen LogP contribution in [0.5, 0.6) is 5.75 Å². The molecule has 46 nitrogen and oxygen atoms in total. The molecule has 2 aliphatic rings. The minimum atomic E-state index is -1.84. The zero-order chi connectivity index (χ0) is 98.5. The fraction of sp³-hybridized carbons (Fsp3) is 0.518. The van der Waals surface area contributed by atoms with E-state index in [0.29, 0.717) is 28.8 Å². The van der Waals surface area contributed by atoms with Crippen LogP contribution in [0.3, 0.4) is 0 Å². The van der Waals surface area contributed by atoms with E-state index in [9.17, 15) is 106 Å². The number of imidazole rings is 1. The van der Waals surface area contributed by atoms with Crippen LogP contribution in [-0.4, -0.2) is 306 Å². The number of guanidine groups is 1. The van der Waals surface area contributed by atoms with Crippen molar-refractivity contribution >= 4 is 144 Å². The van der Waals surface area contributed by atoms with Gasteiger partial charge in [-0.1, -0.05) is 86.6 Å². The number of nitrogens with zero attached hydrogens (tertiary/aromatic N) is 4. The molecule has 0 unspecified atom stereocenters. The second-order valence-corrected chi connectivity index (χ2v) is 34.7. The first kappa shape index (κ1) is 108. The van der Waals surface area contributed by atoms with Crippen molar-refractivity contribution in [2.45, 2.75) is 214 Å². The van der Waals surface area contributed by atoms with E-state index in [1.54, 1.807) is 74.5 Å². The molecular weight excluding hydrogens is 1770 g/mol. The summed E-state index contributed by atoms with van der Waals surface area (Å²) >= 11 is 8.84. The monoisotopic (exact) mass is 1890 g/mol. The number of H-pyrrole nitrogens is 1. The fourth-order valence-corrected chi connectivity index (χ4v) is 14.8. The van der Waals surface area contributed by atoms with Crippen molar-refractivity contribution < 1.29 is 106 Å². The summed E-state index contributed by atoms with van der Waals surface area (Å²) in [6.07, 6.45) is -0.180. The number of aromatic nitrogens is 2. The largest absolute Gasteiger partial charge is 0.508 e. The number of benzene rings is 3. The number of aliphatic carboxylic acids is 1. The number of aliphatic hydroxyl groups excluding tert-OH is 1. The molecule has 2 fully saturated rings. The number of carbonyl (C=O) groups excluding carboxylic acids is 18. The number of phenols is 1. The molecule has 18 amide bonds. The number of carboxylic acid groups (broad SMARTS) is 1. The average Bonchev–Trinajstić information content (AvgIpc) is 1.66. The zero-order valence-electron chi connectivity index (χ0n) is 74.5. The van der Waals surface area contributed by atoms with Crippen LogP contribution in [0.2, 0.25) is 0 Å². The summed E-state index contributed by atoms with van der Waals surface area (Å²) in [5, 5.41) is 73.6. The third-order valence-corrected chi connectivity index (χ3v) is 22.0. The van der Waals surface area contributed by atoms with E-state index in [1.165, 1.54) is 55.5 Å². The zero-order valence-corrected chi connectivity index (χ0v) is 76.3. The van der Waals surface area contributed by atoms with Gasteiger partial charge >= 0.3 is 5.97 Å². The number of aromatic amines is 1. The van der Waals surface area contributed by atoms with Crippen molar-refractivity contribution in [1.82, 2.24) is 99.1 Å². The molecule has 2 aliphatic heterocycles. The predicted molar refractivity (Wildman–Crippen MR) is 485 cm³/mol. The second-order valence-electron chi connectivity index (χ2n) is 33.2. The fourth-order valence-electron chi connectivity index (χ4n) is 14.4. The van der Waals surface area contributed by atoms with Crippen molar-refractivity contribution in [3.05, 3.63) is 120 Å². The van der Waals surface area contributed by atoms with Gasteiger partial charge in [-0.15, -0.1) is 0 Å². The summed E-state index contributed by atoms with van der Waals surface area (Å²) in [6.45, 7) is 4.61. The standard InChI is InChI=1S/C85H122N24O22S2/c1-45(2)32-54(75(122)103-59(35-49-23-25-51(111)26-24-49)81(128)109-31-14-21-61(109)79(126)104-60(43-132)78(125)102-58(37-64(88)113)73(120)95-41-68(117)108-30-15-22-62(108)83(130)131)97-66(115)40-93-65(114)39-94-72(119)55(33-47-16-9-7-10-17-47)100-76(123)57(36-50-38-91-44-96-50)98-67(116)42-107(6)82(129)69(46(3)110)105-80(127)70(85(4,5)133)106-77(124)56(34-48-18-11-8-12-19-48)101-74(121)53(20-13-29-92-84(89)90)99-71(118)52(86)27-28-63(87)112/h7-12,16-19,23-26,38,44-46,52-62,69-70,110-111,132-133H,13-15,20-22,27-37,39-43,86H2,1-6H3,(H2,87,112)(H2,88,113)(H,91,96)(H,93,114)(H,94,119)(H,95,120)(H,97,115)(H,98,116)(H,99,118)(H,100,123)(H,101,121)(H,102,125)(H,103,122)(H,104,126)(H,105,127)(H,106,124)(H,130,131)(H4,89,90,92)/t46-,52+,53+,54+,55+,56+,57+,58+,59+,60+,61+,62+,69+,70-/m1/s1. The number of thiol groups is 2. The second kappa shape index (κ2) is 53.1. The number of nitrogens with one attached hydrogen (secondary N) is 16. The van der Waals surface area contributed by atoms with Gasteiger partial charge in [0.2, 0.25) is 106 Å². The molecule has 48 heteroatoms. The number of hydrogen-bond donors (Lipinski definition) is 25. The van der Waals surface area contributed by atoms with Gasteiger partial charge in [-0.05, 0) is 107 Å². The minimum Gasteiger partial charge on any atom is -0.508 e. The normalized spacial score (nSPS) is 16.2. The molecule has 0 bridgehead atoms. The van der Waals surface area contributed by atoms with Crippen LogP contribution in [0.15, 0.2) is 97.5 Å². The third kappa shape index (κ3) is 36.3. The van der Waals surface area contributed by atoms with E-state index in [2.05, 4.69) is 110 Å². The van der Waals surface area contributed by atoms with E-state index >= 15 is 0 Å². The topological polar surface area (TPSA) is 720 Å². The highest BCUT2D eigenvalue weighted by Crippen LogP contribution is 2.24. The molecule has 3 heterocycles. The maximum atomic E-state index is 14.9. The van der Waals surface area contributed by atoms with Crippen LogP contribution in [0.4, 0.5) is 0 Å². The maximum Gasteiger partial charge on any atom is 0.326 e. The molecule has 6 rings (SSSR count). The maximum absolute atomic E-state index is 14.9. The molecule has 14 atom stereocenters. The highest BCUT2D eigenvalue weighted by Gasteiger charge is 2.44. The molecule has 726 valence electrons. The molecule has 0 radical (unpaired) electrons. The van der Waals surface area contributed by atoms with Crippen LogP contribution >= 0.6 is 25.3 Å². The van der Waals surface area contributed by atoms with Gasteiger partial charge in [0.05, 0.1) is 51.1 Å². The first-order valence-electron chi connectivity index (χ1n) is 43.0. The van der Waals surface area contributed by atoms with Gasteiger partial charge in [0.1, 0.15) is 78.3 Å². The van der Waals surface area contributed by atoms with Crippen LogP contribution in [0.1, 0.15) is 121 Å². The predicted octanol–water partition coefficient (Wildman–Crippen LogP) is -7.10. The Balaban J connectivity index is 1.10. The molecule has 133 heavy (non-hydrogen) atoms. The number of aliphatic hydroxyl groups is 1. The first-order chi connectivity index (χ1) is 62.8. The number of hydrogen-bond acceptors (Lipinski definition) is 26. The van der Waals surface area contributed by atoms with Crippen molar-refractivity contribution in [2.75, 3.05) is 58.6 Å². The Kier molecular flexibility index (Phi) is 43.2. The quantitative estimate of drug-likeness (QED) is 0.00845. The van der Waals surface area contributed by atoms with E-state index in [4.69, 9.17) is 28.3 Å². The van der Waals surface area contributed by atoms with Gasteiger partial charge in [-0.25, -0.2) is 9.78 Å². The Morgan fingerprint density at radius 2 is 1.07 bits per heavy atom. The summed E-state index contributed by atoms with van der Waals surface area (Å²) in [5.41, 5.74) is 23.9. The van der Waals surface area contributed by atoms with Crippen LogP contribution in [0, 0.1) is 11.3 Å². The van der Waals surface area contributed by atoms with Gasteiger partial charge in [0, 0.05) is 81.2 Å². The summed E-state index contributed by atoms with van der Waals surface area (Å²) in [4.78, 5) is 270. The lowest BCUT2D eigenvalue weighted by Gasteiger charge is -2.34. The van der Waals surface area contributed by atoms with Gasteiger partial charge < -0.3 is 132 Å². The molecule has 2 saturated heterocycles. The molecule has 4 aromatic rings. The highest BCUT2D eigenvalue weighted by molar-refractivity contribution is 7.81. The van der Waals surface area contributed by atoms with E-state index in [-0.39, 0.29) is 120 Å². The summed E-state index contributed by atoms with van der Waals surface area (Å²) < 4.78 is -1.48. The Bertz CT molecular complexity index is 4740. The SMILES string of the molecule is CC(C)C[C@H](NC(=O)CNC(=O)CNC(=O)[C@H](Cc1ccccc1)NC(=O)[C@H](Cc1cnc[nH]1)NC(=O)CN(C)C(=O)[C@@H](NC(=O)[C@@H](NC(=O)[C@H](Cc1ccccc1)NC(=O)[C@H](CCCNC(=N)N)NC(=O)[C@@H](N)CCC(N)=O)C(C)(C)S)[C@@H](C)O)C(=O)N[C@@H](Cc1ccc(O)cc1)C(=O)N1CCC[C@H]1C(=O)N[C@@H](CS)C(=O)N[C@@H](CC(N)=O)C(=O)NCC(=O)N1CCC[C@H]1C(=O)O. The number of nitrogens with two attached hydrogens (primary N) is 4. The molecule has 0 spiro atoms. The Hall–Kier alpha value is -13.5. The average molecular weight is 1900 g/mol. The lowest BCUT2D eigenvalue weighted by Crippen LogP contribution is -2.64. The van der Waals surface area contributed by atoms with E-state index in [0.717, 1.165) is 23.8 Å². The van der Waals surface area contributed by atoms with Crippen molar-refractivity contribution in [3.8, 4) is 5.75 Å². The number of aromatic hydroxyl groups is 1. The number of phenolic OH excluding ortho intramolecular Hbond substituents is 1. The third-order valence-electron chi connectivity index (χ3n) is 21.4. The van der Waals surface area contributed by atoms with Gasteiger partial charge in [-0.3, -0.25) is 91.7 Å². The first-order valence-corrected chi connectivity index (χ1v) is 44.1. The van der Waals surface area contributed by atoms with Crippen molar-refractivity contribution in [3.63, 3.8) is 0 Å². The Morgan fingerprint density at radius 1 is 0.556 bits per heavy atom. The van der Waals surface area contributed by atoms with Crippen molar-refractivity contribution in [1.29, 1.82) is 5.41 Å². The summed E-state index contributed by atoms with van der Waals surface area (Å²) in [6, 6.07) is 3.23. The number of likely N-dealkylation sites (tertiary alicyclic amines) is 2. The highest BCUT2D eigenvalue weighted by atomic mass is 32.1. The van der Waals surface area contributed by atoms with Crippen LogP contribution < -0.4 is 97.4 Å². The van der Waals surface area contributed by atoms with Gasteiger partial charge in [-0.2, -0.15) is 25.3 Å². The number of amides is 18. The Labute approximate surface area is 777 Å². The molecule has 27 N–H and O–H groups in total. The van der Waals surface area contributed by atoms with Gasteiger partial charge in [0.25, 0.3) is 0 Å².